The van der Waals surface area contributed by atoms with Gasteiger partial charge in [0.05, 0.1) is 5.41 Å². The highest BCUT2D eigenvalue weighted by atomic mass is 17.4. The first-order valence-electron chi connectivity index (χ1n) is 7.66. The first kappa shape index (κ1) is 17.3. The van der Waals surface area contributed by atoms with Crippen molar-refractivity contribution in [3.05, 3.63) is 0 Å². The molecule has 0 N–H and O–H groups in total. The van der Waals surface area contributed by atoms with Crippen molar-refractivity contribution in [1.82, 2.24) is 0 Å². The summed E-state index contributed by atoms with van der Waals surface area (Å²) < 4.78 is 0. The highest BCUT2D eigenvalue weighted by Crippen LogP contribution is 2.43. The molecule has 20 heavy (non-hydrogen) atoms. The van der Waals surface area contributed by atoms with Crippen LogP contribution >= 0.6 is 0 Å². The molecule has 4 nitrogen and oxygen atoms in total. The third-order valence-corrected chi connectivity index (χ3v) is 4.33. The van der Waals surface area contributed by atoms with Crippen molar-refractivity contribution in [3.8, 4) is 0 Å². The van der Waals surface area contributed by atoms with Crippen molar-refractivity contribution in [2.75, 3.05) is 0 Å². The minimum absolute atomic E-state index is 0.168. The maximum atomic E-state index is 12.3. The quantitative estimate of drug-likeness (QED) is 0.452. The molecule has 1 atom stereocenters. The third kappa shape index (κ3) is 4.13. The van der Waals surface area contributed by atoms with Crippen LogP contribution in [-0.4, -0.2) is 17.9 Å². The van der Waals surface area contributed by atoms with E-state index in [-0.39, 0.29) is 11.6 Å². The Morgan fingerprint density at radius 1 is 0.900 bits per heavy atom. The number of ketones is 2. The Balaban J connectivity index is 2.67. The number of hydrogen-bond donors (Lipinski definition) is 0. The lowest BCUT2D eigenvalue weighted by molar-refractivity contribution is -0.132. The van der Waals surface area contributed by atoms with E-state index in [0.29, 0.717) is 25.7 Å². The van der Waals surface area contributed by atoms with Crippen molar-refractivity contribution in [2.45, 2.75) is 79.4 Å². The molecule has 0 spiro atoms. The molecule has 1 rings (SSSR count). The highest BCUT2D eigenvalue weighted by Gasteiger charge is 2.51. The maximum absolute atomic E-state index is 12.3. The molecular formula is C16H28O4. The van der Waals surface area contributed by atoms with Crippen molar-refractivity contribution in [2.24, 2.45) is 10.8 Å². The Kier molecular flexibility index (Phi) is 5.90. The van der Waals surface area contributed by atoms with E-state index in [1.807, 2.05) is 34.6 Å². The van der Waals surface area contributed by atoms with E-state index in [4.69, 9.17) is 9.78 Å². The molecule has 0 aromatic rings. The monoisotopic (exact) mass is 284 g/mol. The molecule has 0 saturated carbocycles. The van der Waals surface area contributed by atoms with Gasteiger partial charge in [0.25, 0.3) is 0 Å². The predicted octanol–water partition coefficient (Wildman–Crippen LogP) is 3.83. The lowest BCUT2D eigenvalue weighted by atomic mass is 9.72. The maximum Gasteiger partial charge on any atom is 0.236 e. The Hall–Kier alpha value is -0.740. The lowest BCUT2D eigenvalue weighted by Crippen LogP contribution is -2.36. The van der Waals surface area contributed by atoms with Gasteiger partial charge in [-0.25, -0.2) is 0 Å². The van der Waals surface area contributed by atoms with Crippen LogP contribution < -0.4 is 0 Å². The fourth-order valence-corrected chi connectivity index (χ4v) is 2.42. The molecule has 0 radical (unpaired) electrons. The summed E-state index contributed by atoms with van der Waals surface area (Å²) in [4.78, 5) is 34.2. The number of carbonyl (C=O) groups is 2. The molecule has 0 aromatic heterocycles. The molecule has 1 aliphatic rings. The molecule has 1 aliphatic heterocycles. The van der Waals surface area contributed by atoms with Crippen LogP contribution in [0.2, 0.25) is 0 Å². The Morgan fingerprint density at radius 2 is 1.40 bits per heavy atom. The zero-order chi connectivity index (χ0) is 15.4. The number of carbonyl (C=O) groups excluding carboxylic acids is 2. The van der Waals surface area contributed by atoms with Gasteiger partial charge in [-0.05, 0) is 32.6 Å². The molecule has 4 heteroatoms. The van der Waals surface area contributed by atoms with Gasteiger partial charge in [-0.2, -0.15) is 9.78 Å². The van der Waals surface area contributed by atoms with Crippen LogP contribution in [0.4, 0.5) is 0 Å². The Labute approximate surface area is 122 Å². The summed E-state index contributed by atoms with van der Waals surface area (Å²) in [7, 11) is 0. The fraction of sp³-hybridized carbons (Fsp3) is 0.875. The van der Waals surface area contributed by atoms with Gasteiger partial charge in [-0.3, -0.25) is 9.59 Å². The molecule has 0 bridgehead atoms. The second kappa shape index (κ2) is 6.81. The van der Waals surface area contributed by atoms with E-state index in [1.54, 1.807) is 0 Å². The van der Waals surface area contributed by atoms with Gasteiger partial charge in [0.2, 0.25) is 6.29 Å². The minimum atomic E-state index is -0.625. The summed E-state index contributed by atoms with van der Waals surface area (Å²) in [6.07, 6.45) is 3.69. The topological polar surface area (TPSA) is 59.2 Å². The van der Waals surface area contributed by atoms with Gasteiger partial charge in [0, 0.05) is 18.3 Å². The van der Waals surface area contributed by atoms with E-state index in [2.05, 4.69) is 0 Å². The van der Waals surface area contributed by atoms with E-state index in [1.165, 1.54) is 0 Å². The third-order valence-electron chi connectivity index (χ3n) is 4.33. The molecule has 0 aromatic carbocycles. The summed E-state index contributed by atoms with van der Waals surface area (Å²) in [6, 6.07) is 0. The zero-order valence-corrected chi connectivity index (χ0v) is 13.5. The van der Waals surface area contributed by atoms with E-state index in [0.717, 1.165) is 12.8 Å². The van der Waals surface area contributed by atoms with Crippen molar-refractivity contribution < 1.29 is 19.4 Å². The van der Waals surface area contributed by atoms with Gasteiger partial charge in [-0.1, -0.05) is 27.7 Å². The molecule has 0 amide bonds. The zero-order valence-electron chi connectivity index (χ0n) is 13.5. The van der Waals surface area contributed by atoms with Crippen LogP contribution in [0.15, 0.2) is 0 Å². The predicted molar refractivity (Wildman–Crippen MR) is 76.9 cm³/mol. The SMILES string of the molecule is CCCC(=O)C(C)(C)CCC(C)(C(=O)CCC)C1OO1. The van der Waals surface area contributed by atoms with Crippen LogP contribution in [-0.2, 0) is 19.4 Å². The summed E-state index contributed by atoms with van der Waals surface area (Å²) in [6.45, 7) is 9.81. The number of hydrogen-bond acceptors (Lipinski definition) is 4. The van der Waals surface area contributed by atoms with Crippen LogP contribution in [0, 0.1) is 10.8 Å². The van der Waals surface area contributed by atoms with Crippen LogP contribution in [0.25, 0.3) is 0 Å². The first-order valence-corrected chi connectivity index (χ1v) is 7.66. The molecule has 0 aliphatic carbocycles. The van der Waals surface area contributed by atoms with Gasteiger partial charge in [0.1, 0.15) is 11.6 Å². The summed E-state index contributed by atoms with van der Waals surface area (Å²) in [5.41, 5.74) is -1.02. The molecule has 1 unspecified atom stereocenters. The van der Waals surface area contributed by atoms with E-state index < -0.39 is 17.1 Å². The molecule has 116 valence electrons. The van der Waals surface area contributed by atoms with Gasteiger partial charge in [0.15, 0.2) is 0 Å². The van der Waals surface area contributed by atoms with Crippen LogP contribution in [0.3, 0.4) is 0 Å². The summed E-state index contributed by atoms with van der Waals surface area (Å²) in [5.74, 6) is 0.434. The Morgan fingerprint density at radius 3 is 1.85 bits per heavy atom. The molecule has 1 fully saturated rings. The summed E-state index contributed by atoms with van der Waals surface area (Å²) >= 11 is 0. The largest absolute Gasteiger partial charge is 0.299 e. The molecular weight excluding hydrogens is 256 g/mol. The minimum Gasteiger partial charge on any atom is -0.299 e. The number of rotatable bonds is 10. The normalized spacial score (nSPS) is 18.6. The van der Waals surface area contributed by atoms with Gasteiger partial charge >= 0.3 is 0 Å². The molecule has 1 saturated heterocycles. The fourth-order valence-electron chi connectivity index (χ4n) is 2.42. The standard InChI is InChI=1S/C16H28O4/c1-6-8-12(17)15(3,4)10-11-16(5,14-19-20-14)13(18)9-7-2/h14H,6-11H2,1-5H3. The van der Waals surface area contributed by atoms with E-state index >= 15 is 0 Å². The smallest absolute Gasteiger partial charge is 0.236 e. The van der Waals surface area contributed by atoms with Gasteiger partial charge < -0.3 is 0 Å². The average molecular weight is 284 g/mol. The lowest BCUT2D eigenvalue weighted by Gasteiger charge is -2.29. The number of Topliss-reactive ketones (excluding diaryl/α,β-unsaturated/α-hetero) is 2. The summed E-state index contributed by atoms with van der Waals surface area (Å²) in [5, 5.41) is 0. The van der Waals surface area contributed by atoms with Crippen molar-refractivity contribution in [3.63, 3.8) is 0 Å². The van der Waals surface area contributed by atoms with Crippen LogP contribution in [0.5, 0.6) is 0 Å². The van der Waals surface area contributed by atoms with E-state index in [9.17, 15) is 9.59 Å². The molecule has 1 heterocycles. The van der Waals surface area contributed by atoms with Crippen molar-refractivity contribution >= 4 is 11.6 Å². The highest BCUT2D eigenvalue weighted by molar-refractivity contribution is 5.86. The first-order chi connectivity index (χ1) is 9.28. The van der Waals surface area contributed by atoms with Crippen LogP contribution in [0.1, 0.15) is 73.1 Å². The second-order valence-corrected chi connectivity index (χ2v) is 6.67. The second-order valence-electron chi connectivity index (χ2n) is 6.67. The van der Waals surface area contributed by atoms with Gasteiger partial charge in [-0.15, -0.1) is 0 Å². The average Bonchev–Trinajstić information content (AvgIpc) is 3.21. The Bertz CT molecular complexity index is 357. The van der Waals surface area contributed by atoms with Crippen molar-refractivity contribution in [1.29, 1.82) is 0 Å².